The summed E-state index contributed by atoms with van der Waals surface area (Å²) in [6.45, 7) is 4.59. The number of nitrogens with zero attached hydrogens (tertiary/aromatic N) is 1. The minimum atomic E-state index is -0.442. The fourth-order valence-electron chi connectivity index (χ4n) is 3.32. The van der Waals surface area contributed by atoms with E-state index in [4.69, 9.17) is 0 Å². The van der Waals surface area contributed by atoms with Crippen molar-refractivity contribution in [1.82, 2.24) is 10.9 Å². The zero-order valence-electron chi connectivity index (χ0n) is 15.8. The Balaban J connectivity index is 1.33. The van der Waals surface area contributed by atoms with Crippen molar-refractivity contribution in [2.24, 2.45) is 0 Å². The van der Waals surface area contributed by atoms with Crippen LogP contribution in [-0.4, -0.2) is 44.5 Å². The van der Waals surface area contributed by atoms with Gasteiger partial charge in [0, 0.05) is 5.69 Å². The molecule has 0 radical (unpaired) electrons. The first-order valence-corrected chi connectivity index (χ1v) is 9.56. The Kier molecular flexibility index (Phi) is 6.97. The number of rotatable bonds is 6. The smallest absolute Gasteiger partial charge is 0.244 e. The molecule has 2 aromatic rings. The van der Waals surface area contributed by atoms with E-state index in [9.17, 15) is 14.0 Å². The van der Waals surface area contributed by atoms with Crippen LogP contribution in [0.25, 0.3) is 0 Å². The number of halogens is 1. The molecule has 0 aliphatic carbocycles. The van der Waals surface area contributed by atoms with Crippen LogP contribution in [0.2, 0.25) is 0 Å². The van der Waals surface area contributed by atoms with Gasteiger partial charge in [0.15, 0.2) is 0 Å². The van der Waals surface area contributed by atoms with Crippen LogP contribution in [0, 0.1) is 5.82 Å². The van der Waals surface area contributed by atoms with Gasteiger partial charge in [0.2, 0.25) is 11.8 Å². The highest BCUT2D eigenvalue weighted by atomic mass is 19.1. The van der Waals surface area contributed by atoms with Crippen molar-refractivity contribution in [3.63, 3.8) is 0 Å². The van der Waals surface area contributed by atoms with E-state index < -0.39 is 11.7 Å². The Morgan fingerprint density at radius 1 is 0.929 bits per heavy atom. The summed E-state index contributed by atoms with van der Waals surface area (Å²) in [4.78, 5) is 27.5. The summed E-state index contributed by atoms with van der Waals surface area (Å²) in [6, 6.07) is 16.4. The maximum atomic E-state index is 13.5. The number of piperazine rings is 1. The third kappa shape index (κ3) is 5.79. The van der Waals surface area contributed by atoms with Crippen LogP contribution in [0.3, 0.4) is 0 Å². The highest BCUT2D eigenvalue weighted by Gasteiger charge is 2.20. The predicted octanol–water partition coefficient (Wildman–Crippen LogP) is 0.311. The topological polar surface area (TPSA) is 65.9 Å². The number of hydrogen-bond acceptors (Lipinski definition) is 3. The lowest BCUT2D eigenvalue weighted by molar-refractivity contribution is -0.900. The number of carbonyl (C=O) groups excluding carboxylic acids is 2. The number of quaternary nitrogens is 1. The Morgan fingerprint density at radius 2 is 1.57 bits per heavy atom. The molecule has 7 heteroatoms. The second-order valence-electron chi connectivity index (χ2n) is 6.94. The van der Waals surface area contributed by atoms with E-state index >= 15 is 0 Å². The van der Waals surface area contributed by atoms with E-state index in [0.29, 0.717) is 12.0 Å². The number of amides is 2. The fourth-order valence-corrected chi connectivity index (χ4v) is 3.32. The van der Waals surface area contributed by atoms with Crippen molar-refractivity contribution in [1.29, 1.82) is 0 Å². The molecular formula is C21H26FN4O2+. The van der Waals surface area contributed by atoms with Crippen LogP contribution in [0.15, 0.2) is 54.6 Å². The van der Waals surface area contributed by atoms with Crippen LogP contribution in [0.5, 0.6) is 0 Å². The molecule has 1 saturated heterocycles. The van der Waals surface area contributed by atoms with E-state index in [1.54, 1.807) is 18.2 Å². The van der Waals surface area contributed by atoms with Crippen molar-refractivity contribution in [3.8, 4) is 0 Å². The lowest BCUT2D eigenvalue weighted by Gasteiger charge is -2.33. The molecule has 28 heavy (non-hydrogen) atoms. The van der Waals surface area contributed by atoms with Gasteiger partial charge in [-0.2, -0.15) is 0 Å². The molecule has 148 valence electrons. The lowest BCUT2D eigenvalue weighted by atomic mass is 10.1. The van der Waals surface area contributed by atoms with Gasteiger partial charge in [-0.3, -0.25) is 20.4 Å². The molecule has 0 unspecified atom stereocenters. The molecule has 0 aromatic heterocycles. The fraction of sp³-hybridized carbons (Fsp3) is 0.333. The zero-order valence-corrected chi connectivity index (χ0v) is 15.8. The second-order valence-corrected chi connectivity index (χ2v) is 6.94. The molecular weight excluding hydrogens is 359 g/mol. The minimum Gasteiger partial charge on any atom is -0.360 e. The summed E-state index contributed by atoms with van der Waals surface area (Å²) in [7, 11) is 0. The number of para-hydroxylation sites is 1. The Labute approximate surface area is 164 Å². The van der Waals surface area contributed by atoms with Gasteiger partial charge in [-0.25, -0.2) is 4.39 Å². The molecule has 2 amide bonds. The minimum absolute atomic E-state index is 0.111. The number of anilines is 1. The molecule has 1 heterocycles. The van der Waals surface area contributed by atoms with Gasteiger partial charge in [-0.15, -0.1) is 0 Å². The predicted molar refractivity (Wildman–Crippen MR) is 105 cm³/mol. The first-order valence-electron chi connectivity index (χ1n) is 9.56. The molecule has 0 saturated carbocycles. The van der Waals surface area contributed by atoms with Gasteiger partial charge in [0.05, 0.1) is 45.6 Å². The van der Waals surface area contributed by atoms with Gasteiger partial charge >= 0.3 is 0 Å². The summed E-state index contributed by atoms with van der Waals surface area (Å²) < 4.78 is 13.5. The summed E-state index contributed by atoms with van der Waals surface area (Å²) in [5, 5.41) is 0. The summed E-state index contributed by atoms with van der Waals surface area (Å²) in [6.07, 6.45) is 0.223. The second kappa shape index (κ2) is 9.85. The third-order valence-corrected chi connectivity index (χ3v) is 4.95. The average molecular weight is 385 g/mol. The van der Waals surface area contributed by atoms with E-state index in [1.165, 1.54) is 16.7 Å². The highest BCUT2D eigenvalue weighted by Crippen LogP contribution is 2.12. The summed E-state index contributed by atoms with van der Waals surface area (Å²) >= 11 is 0. The van der Waals surface area contributed by atoms with Crippen LogP contribution in [0.4, 0.5) is 10.1 Å². The van der Waals surface area contributed by atoms with Crippen molar-refractivity contribution >= 4 is 17.5 Å². The maximum Gasteiger partial charge on any atom is 0.244 e. The molecule has 3 rings (SSSR count). The van der Waals surface area contributed by atoms with Crippen LogP contribution < -0.4 is 20.7 Å². The number of nitrogens with one attached hydrogen (secondary N) is 3. The molecule has 0 spiro atoms. The number of hydrogen-bond donors (Lipinski definition) is 3. The van der Waals surface area contributed by atoms with Crippen LogP contribution >= 0.6 is 0 Å². The molecule has 6 nitrogen and oxygen atoms in total. The van der Waals surface area contributed by atoms with E-state index in [-0.39, 0.29) is 12.3 Å². The van der Waals surface area contributed by atoms with Crippen molar-refractivity contribution in [3.05, 3.63) is 66.0 Å². The largest absolute Gasteiger partial charge is 0.360 e. The molecule has 0 bridgehead atoms. The van der Waals surface area contributed by atoms with Gasteiger partial charge in [0.25, 0.3) is 0 Å². The quantitative estimate of drug-likeness (QED) is 0.627. The Morgan fingerprint density at radius 3 is 2.29 bits per heavy atom. The first-order chi connectivity index (χ1) is 13.6. The molecule has 1 aliphatic heterocycles. The first kappa shape index (κ1) is 19.8. The summed E-state index contributed by atoms with van der Waals surface area (Å²) in [5.74, 6) is -1.11. The lowest BCUT2D eigenvalue weighted by Crippen LogP contribution is -3.15. The molecule has 1 aliphatic rings. The molecule has 1 fully saturated rings. The highest BCUT2D eigenvalue weighted by molar-refractivity contribution is 5.83. The van der Waals surface area contributed by atoms with Crippen molar-refractivity contribution in [2.45, 2.75) is 12.8 Å². The van der Waals surface area contributed by atoms with Crippen LogP contribution in [0.1, 0.15) is 12.0 Å². The molecule has 2 aromatic carbocycles. The Bertz CT molecular complexity index is 792. The Hall–Kier alpha value is -2.93. The monoisotopic (exact) mass is 385 g/mol. The van der Waals surface area contributed by atoms with E-state index in [2.05, 4.69) is 27.9 Å². The van der Waals surface area contributed by atoms with Gasteiger partial charge < -0.3 is 9.80 Å². The van der Waals surface area contributed by atoms with E-state index in [1.807, 2.05) is 18.2 Å². The van der Waals surface area contributed by atoms with Crippen molar-refractivity contribution < 1.29 is 18.9 Å². The van der Waals surface area contributed by atoms with Crippen LogP contribution in [-0.2, 0) is 16.0 Å². The SMILES string of the molecule is O=C(CC[NH+]1CCN(c2ccccc2)CC1)NNC(=O)Cc1ccccc1F. The maximum absolute atomic E-state index is 13.5. The van der Waals surface area contributed by atoms with Gasteiger partial charge in [0.1, 0.15) is 5.82 Å². The average Bonchev–Trinajstić information content (AvgIpc) is 2.73. The van der Waals surface area contributed by atoms with Crippen molar-refractivity contribution in [2.75, 3.05) is 37.6 Å². The van der Waals surface area contributed by atoms with E-state index in [0.717, 1.165) is 32.7 Å². The molecule has 0 atom stereocenters. The number of benzene rings is 2. The normalized spacial score (nSPS) is 14.5. The van der Waals surface area contributed by atoms with Gasteiger partial charge in [-0.05, 0) is 23.8 Å². The number of carbonyl (C=O) groups is 2. The molecule has 3 N–H and O–H groups in total. The third-order valence-electron chi connectivity index (χ3n) is 4.95. The standard InChI is InChI=1S/C21H25FN4O2/c22-19-9-5-4-6-17(19)16-21(28)24-23-20(27)10-11-25-12-14-26(15-13-25)18-7-2-1-3-8-18/h1-9H,10-16H2,(H,23,27)(H,24,28)/p+1. The summed E-state index contributed by atoms with van der Waals surface area (Å²) in [5.41, 5.74) is 6.30. The van der Waals surface area contributed by atoms with Gasteiger partial charge in [-0.1, -0.05) is 36.4 Å². The number of hydrazine groups is 1. The zero-order chi connectivity index (χ0) is 19.8.